The number of esters is 1. The molecule has 0 N–H and O–H groups in total. The Hall–Kier alpha value is -2.46. The number of methoxy groups -OCH3 is 1. The second-order valence-electron chi connectivity index (χ2n) is 5.08. The molecule has 0 saturated carbocycles. The van der Waals surface area contributed by atoms with Gasteiger partial charge in [0.05, 0.1) is 12.7 Å². The van der Waals surface area contributed by atoms with Crippen molar-refractivity contribution >= 4 is 33.3 Å². The summed E-state index contributed by atoms with van der Waals surface area (Å²) in [6, 6.07) is 16.2. The van der Waals surface area contributed by atoms with Crippen LogP contribution in [0.3, 0.4) is 0 Å². The maximum Gasteiger partial charge on any atom is 0.337 e. The number of ketones is 1. The van der Waals surface area contributed by atoms with Crippen molar-refractivity contribution in [3.8, 4) is 0 Å². The maximum absolute atomic E-state index is 12.3. The van der Waals surface area contributed by atoms with Crippen LogP contribution in [-0.4, -0.2) is 18.9 Å². The minimum atomic E-state index is -0.422. The zero-order valence-electron chi connectivity index (χ0n) is 13.5. The van der Waals surface area contributed by atoms with E-state index in [9.17, 15) is 9.59 Å². The molecule has 0 amide bonds. The summed E-state index contributed by atoms with van der Waals surface area (Å²) in [5.41, 5.74) is 2.89. The summed E-state index contributed by atoms with van der Waals surface area (Å²) < 4.78 is 5.59. The number of rotatable bonds is 5. The first kappa shape index (κ1) is 17.9. The van der Waals surface area contributed by atoms with Crippen LogP contribution in [-0.2, 0) is 4.74 Å². The summed E-state index contributed by atoms with van der Waals surface area (Å²) in [6.07, 6.45) is 3.32. The lowest BCUT2D eigenvalue weighted by molar-refractivity contribution is 0.0600. The highest BCUT2D eigenvalue weighted by atomic mass is 79.9. The third-order valence-electron chi connectivity index (χ3n) is 3.45. The molecule has 0 aromatic heterocycles. The first-order valence-corrected chi connectivity index (χ1v) is 8.15. The lowest BCUT2D eigenvalue weighted by atomic mass is 10.0. The molecule has 3 nitrogen and oxygen atoms in total. The van der Waals surface area contributed by atoms with Crippen molar-refractivity contribution in [2.75, 3.05) is 7.11 Å². The molecule has 0 radical (unpaired) electrons. The van der Waals surface area contributed by atoms with E-state index in [1.807, 2.05) is 37.3 Å². The van der Waals surface area contributed by atoms with Crippen LogP contribution in [0.2, 0.25) is 0 Å². The summed E-state index contributed by atoms with van der Waals surface area (Å²) in [5, 5.41) is 0. The minimum Gasteiger partial charge on any atom is -0.465 e. The van der Waals surface area contributed by atoms with Crippen molar-refractivity contribution in [1.29, 1.82) is 0 Å². The zero-order chi connectivity index (χ0) is 17.5. The molecular weight excluding hydrogens is 368 g/mol. The molecule has 0 atom stereocenters. The molecule has 2 aromatic carbocycles. The van der Waals surface area contributed by atoms with E-state index in [0.717, 1.165) is 15.6 Å². The van der Waals surface area contributed by atoms with E-state index in [1.54, 1.807) is 30.3 Å². The van der Waals surface area contributed by atoms with Gasteiger partial charge in [-0.3, -0.25) is 4.79 Å². The predicted octanol–water partition coefficient (Wildman–Crippen LogP) is 5.04. The van der Waals surface area contributed by atoms with Gasteiger partial charge in [0, 0.05) is 5.56 Å². The molecule has 122 valence electrons. The van der Waals surface area contributed by atoms with E-state index < -0.39 is 5.97 Å². The van der Waals surface area contributed by atoms with Gasteiger partial charge in [0.25, 0.3) is 0 Å². The summed E-state index contributed by atoms with van der Waals surface area (Å²) in [5.74, 6) is -0.553. The third-order valence-corrected chi connectivity index (χ3v) is 3.87. The van der Waals surface area contributed by atoms with E-state index in [0.29, 0.717) is 11.1 Å². The highest BCUT2D eigenvalue weighted by Gasteiger charge is 2.08. The monoisotopic (exact) mass is 384 g/mol. The fourth-order valence-electron chi connectivity index (χ4n) is 2.17. The Bertz CT molecular complexity index is 783. The van der Waals surface area contributed by atoms with Gasteiger partial charge in [0.15, 0.2) is 5.78 Å². The van der Waals surface area contributed by atoms with Crippen molar-refractivity contribution in [2.24, 2.45) is 0 Å². The van der Waals surface area contributed by atoms with Crippen LogP contribution in [0.4, 0.5) is 0 Å². The van der Waals surface area contributed by atoms with Gasteiger partial charge in [-0.25, -0.2) is 4.79 Å². The Morgan fingerprint density at radius 1 is 0.875 bits per heavy atom. The van der Waals surface area contributed by atoms with Crippen LogP contribution < -0.4 is 0 Å². The van der Waals surface area contributed by atoms with Gasteiger partial charge in [-0.05, 0) is 46.8 Å². The summed E-state index contributed by atoms with van der Waals surface area (Å²) in [6.45, 7) is 1.93. The number of carbonyl (C=O) groups is 2. The van der Waals surface area contributed by atoms with Gasteiger partial charge >= 0.3 is 5.97 Å². The van der Waals surface area contributed by atoms with Crippen LogP contribution in [0, 0.1) is 0 Å². The highest BCUT2D eigenvalue weighted by molar-refractivity contribution is 9.11. The zero-order valence-corrected chi connectivity index (χ0v) is 15.0. The van der Waals surface area contributed by atoms with Crippen molar-refractivity contribution in [3.63, 3.8) is 0 Å². The normalized spacial score (nSPS) is 12.0. The standard InChI is InChI=1S/C20H17BrO3/c1-14(21)18(15-6-4-3-5-7-15)12-13-19(22)16-8-10-17(11-9-16)20(23)24-2/h3-13H,1-2H3. The molecule has 0 aliphatic rings. The van der Waals surface area contributed by atoms with Crippen molar-refractivity contribution in [3.05, 3.63) is 87.9 Å². The van der Waals surface area contributed by atoms with Crippen molar-refractivity contribution in [1.82, 2.24) is 0 Å². The number of benzene rings is 2. The van der Waals surface area contributed by atoms with E-state index in [2.05, 4.69) is 20.7 Å². The Morgan fingerprint density at radius 2 is 1.46 bits per heavy atom. The molecule has 4 heteroatoms. The SMILES string of the molecule is COC(=O)c1ccc(C(=O)C=CC(=C(C)Br)c2ccccc2)cc1. The number of allylic oxidation sites excluding steroid dienone is 4. The summed E-state index contributed by atoms with van der Waals surface area (Å²) in [7, 11) is 1.32. The van der Waals surface area contributed by atoms with Crippen LogP contribution in [0.5, 0.6) is 0 Å². The molecule has 0 unspecified atom stereocenters. The average molecular weight is 385 g/mol. The highest BCUT2D eigenvalue weighted by Crippen LogP contribution is 2.23. The topological polar surface area (TPSA) is 43.4 Å². The van der Waals surface area contributed by atoms with Gasteiger partial charge in [-0.1, -0.05) is 58.4 Å². The van der Waals surface area contributed by atoms with Crippen LogP contribution in [0.1, 0.15) is 33.2 Å². The lowest BCUT2D eigenvalue weighted by Crippen LogP contribution is -2.02. The summed E-state index contributed by atoms with van der Waals surface area (Å²) in [4.78, 5) is 23.7. The molecule has 24 heavy (non-hydrogen) atoms. The number of hydrogen-bond donors (Lipinski definition) is 0. The molecule has 0 heterocycles. The first-order chi connectivity index (χ1) is 11.5. The number of halogens is 1. The van der Waals surface area contributed by atoms with Gasteiger partial charge < -0.3 is 4.74 Å². The maximum atomic E-state index is 12.3. The Balaban J connectivity index is 2.20. The molecule has 2 aromatic rings. The van der Waals surface area contributed by atoms with Crippen LogP contribution in [0.15, 0.2) is 71.2 Å². The predicted molar refractivity (Wildman–Crippen MR) is 99.2 cm³/mol. The van der Waals surface area contributed by atoms with Gasteiger partial charge in [0.2, 0.25) is 0 Å². The fourth-order valence-corrected chi connectivity index (χ4v) is 2.53. The number of hydrogen-bond acceptors (Lipinski definition) is 3. The number of carbonyl (C=O) groups excluding carboxylic acids is 2. The fraction of sp³-hybridized carbons (Fsp3) is 0.100. The lowest BCUT2D eigenvalue weighted by Gasteiger charge is -2.04. The Morgan fingerprint density at radius 3 is 2.00 bits per heavy atom. The van der Waals surface area contributed by atoms with Gasteiger partial charge in [-0.2, -0.15) is 0 Å². The molecule has 0 saturated heterocycles. The minimum absolute atomic E-state index is 0.131. The largest absolute Gasteiger partial charge is 0.465 e. The van der Waals surface area contributed by atoms with Crippen molar-refractivity contribution in [2.45, 2.75) is 6.92 Å². The Kier molecular flexibility index (Phi) is 6.27. The van der Waals surface area contributed by atoms with Gasteiger partial charge in [-0.15, -0.1) is 0 Å². The first-order valence-electron chi connectivity index (χ1n) is 7.35. The van der Waals surface area contributed by atoms with Crippen LogP contribution >= 0.6 is 15.9 Å². The average Bonchev–Trinajstić information content (AvgIpc) is 2.61. The molecule has 0 spiro atoms. The van der Waals surface area contributed by atoms with E-state index in [1.165, 1.54) is 13.2 Å². The second-order valence-corrected chi connectivity index (χ2v) is 6.27. The third kappa shape index (κ3) is 4.52. The molecule has 2 rings (SSSR count). The Labute approximate surface area is 149 Å². The smallest absolute Gasteiger partial charge is 0.337 e. The van der Waals surface area contributed by atoms with E-state index >= 15 is 0 Å². The molecule has 0 aliphatic heterocycles. The van der Waals surface area contributed by atoms with E-state index in [4.69, 9.17) is 0 Å². The van der Waals surface area contributed by atoms with Crippen LogP contribution in [0.25, 0.3) is 5.57 Å². The van der Waals surface area contributed by atoms with E-state index in [-0.39, 0.29) is 5.78 Å². The molecule has 0 fully saturated rings. The quantitative estimate of drug-likeness (QED) is 0.314. The molecule has 0 aliphatic carbocycles. The second kappa shape index (κ2) is 8.41. The van der Waals surface area contributed by atoms with Crippen molar-refractivity contribution < 1.29 is 14.3 Å². The molecular formula is C20H17BrO3. The molecule has 0 bridgehead atoms. The van der Waals surface area contributed by atoms with Gasteiger partial charge in [0.1, 0.15) is 0 Å². The summed E-state index contributed by atoms with van der Waals surface area (Å²) >= 11 is 3.48. The number of ether oxygens (including phenoxy) is 1.